The van der Waals surface area contributed by atoms with Crippen molar-refractivity contribution in [1.29, 1.82) is 0 Å². The first kappa shape index (κ1) is 17.0. The standard InChI is InChI=1S/C16H22O5/c17-13-8-7-9-14(12-13)21-16(20)11-6-4-2-1-3-5-10-15(18)19/h7-9,12,17H,1-6,10-11H2,(H,18,19). The van der Waals surface area contributed by atoms with E-state index in [1.54, 1.807) is 12.1 Å². The molecule has 0 heterocycles. The maximum Gasteiger partial charge on any atom is 0.311 e. The Hall–Kier alpha value is -2.04. The van der Waals surface area contributed by atoms with Crippen molar-refractivity contribution in [3.05, 3.63) is 24.3 Å². The van der Waals surface area contributed by atoms with E-state index in [1.165, 1.54) is 12.1 Å². The third kappa shape index (κ3) is 8.68. The van der Waals surface area contributed by atoms with Crippen LogP contribution in [0.4, 0.5) is 0 Å². The van der Waals surface area contributed by atoms with Crippen LogP contribution < -0.4 is 4.74 Å². The van der Waals surface area contributed by atoms with Crippen molar-refractivity contribution in [2.45, 2.75) is 51.4 Å². The largest absolute Gasteiger partial charge is 0.508 e. The average molecular weight is 294 g/mol. The second-order valence-electron chi connectivity index (χ2n) is 4.99. The fraction of sp³-hybridized carbons (Fsp3) is 0.500. The minimum absolute atomic E-state index is 0.0710. The number of ether oxygens (including phenoxy) is 1. The zero-order valence-corrected chi connectivity index (χ0v) is 12.1. The van der Waals surface area contributed by atoms with Crippen molar-refractivity contribution < 1.29 is 24.5 Å². The number of esters is 1. The van der Waals surface area contributed by atoms with E-state index in [-0.39, 0.29) is 18.1 Å². The Bertz CT molecular complexity index is 456. The summed E-state index contributed by atoms with van der Waals surface area (Å²) in [7, 11) is 0. The third-order valence-electron chi connectivity index (χ3n) is 3.07. The normalized spacial score (nSPS) is 10.3. The average Bonchev–Trinajstić information content (AvgIpc) is 2.41. The first-order chi connectivity index (χ1) is 10.1. The predicted octanol–water partition coefficient (Wildman–Crippen LogP) is 3.50. The number of carboxylic acids is 1. The summed E-state index contributed by atoms with van der Waals surface area (Å²) in [4.78, 5) is 21.9. The van der Waals surface area contributed by atoms with Crippen LogP contribution >= 0.6 is 0 Å². The van der Waals surface area contributed by atoms with Crippen LogP contribution in [0.1, 0.15) is 51.4 Å². The lowest BCUT2D eigenvalue weighted by Gasteiger charge is -2.04. The summed E-state index contributed by atoms with van der Waals surface area (Å²) in [6.07, 6.45) is 5.91. The Morgan fingerprint density at radius 1 is 0.952 bits per heavy atom. The van der Waals surface area contributed by atoms with Crippen molar-refractivity contribution in [1.82, 2.24) is 0 Å². The van der Waals surface area contributed by atoms with E-state index in [4.69, 9.17) is 9.84 Å². The van der Waals surface area contributed by atoms with Crippen molar-refractivity contribution >= 4 is 11.9 Å². The van der Waals surface area contributed by atoms with E-state index >= 15 is 0 Å². The van der Waals surface area contributed by atoms with E-state index in [1.807, 2.05) is 0 Å². The lowest BCUT2D eigenvalue weighted by Crippen LogP contribution is -2.07. The number of carboxylic acid groups (broad SMARTS) is 1. The Balaban J connectivity index is 2.02. The Labute approximate surface area is 124 Å². The monoisotopic (exact) mass is 294 g/mol. The van der Waals surface area contributed by atoms with Gasteiger partial charge in [-0.1, -0.05) is 31.7 Å². The number of carbonyl (C=O) groups is 2. The zero-order valence-electron chi connectivity index (χ0n) is 12.1. The van der Waals surface area contributed by atoms with E-state index < -0.39 is 5.97 Å². The van der Waals surface area contributed by atoms with Crippen LogP contribution in [0, 0.1) is 0 Å². The molecule has 5 heteroatoms. The summed E-state index contributed by atoms with van der Waals surface area (Å²) in [6, 6.07) is 6.16. The van der Waals surface area contributed by atoms with Crippen LogP contribution in [0.15, 0.2) is 24.3 Å². The maximum absolute atomic E-state index is 11.6. The van der Waals surface area contributed by atoms with Crippen molar-refractivity contribution in [2.24, 2.45) is 0 Å². The van der Waals surface area contributed by atoms with Gasteiger partial charge in [0.25, 0.3) is 0 Å². The topological polar surface area (TPSA) is 83.8 Å². The molecule has 1 rings (SSSR count). The number of phenols is 1. The Morgan fingerprint density at radius 3 is 2.19 bits per heavy atom. The molecule has 0 saturated carbocycles. The molecule has 0 aromatic heterocycles. The number of aromatic hydroxyl groups is 1. The number of hydrogen-bond donors (Lipinski definition) is 2. The number of carbonyl (C=O) groups excluding carboxylic acids is 1. The summed E-state index contributed by atoms with van der Waals surface area (Å²) < 4.78 is 5.10. The van der Waals surface area contributed by atoms with Crippen LogP contribution in [0.2, 0.25) is 0 Å². The fourth-order valence-corrected chi connectivity index (χ4v) is 1.98. The zero-order chi connectivity index (χ0) is 15.5. The van der Waals surface area contributed by atoms with Gasteiger partial charge in [0.15, 0.2) is 0 Å². The molecule has 21 heavy (non-hydrogen) atoms. The summed E-state index contributed by atoms with van der Waals surface area (Å²) in [5.41, 5.74) is 0. The van der Waals surface area contributed by atoms with E-state index in [9.17, 15) is 14.7 Å². The van der Waals surface area contributed by atoms with Gasteiger partial charge < -0.3 is 14.9 Å². The summed E-state index contributed by atoms with van der Waals surface area (Å²) in [5, 5.41) is 17.7. The third-order valence-corrected chi connectivity index (χ3v) is 3.07. The highest BCUT2D eigenvalue weighted by Gasteiger charge is 2.05. The second kappa shape index (κ2) is 9.80. The molecule has 0 aliphatic carbocycles. The lowest BCUT2D eigenvalue weighted by molar-refractivity contribution is -0.137. The highest BCUT2D eigenvalue weighted by molar-refractivity contribution is 5.72. The first-order valence-corrected chi connectivity index (χ1v) is 7.29. The van der Waals surface area contributed by atoms with E-state index in [0.29, 0.717) is 12.2 Å². The molecule has 2 N–H and O–H groups in total. The molecule has 0 aliphatic rings. The number of rotatable bonds is 10. The molecule has 0 radical (unpaired) electrons. The number of aliphatic carboxylic acids is 1. The molecule has 0 atom stereocenters. The summed E-state index contributed by atoms with van der Waals surface area (Å²) in [6.45, 7) is 0. The molecule has 0 saturated heterocycles. The molecule has 1 aromatic rings. The van der Waals surface area contributed by atoms with Crippen LogP contribution in [0.5, 0.6) is 11.5 Å². The molecular formula is C16H22O5. The minimum atomic E-state index is -0.746. The number of unbranched alkanes of at least 4 members (excludes halogenated alkanes) is 5. The van der Waals surface area contributed by atoms with Crippen LogP contribution in [-0.2, 0) is 9.59 Å². The molecular weight excluding hydrogens is 272 g/mol. The molecule has 0 bridgehead atoms. The van der Waals surface area contributed by atoms with Gasteiger partial charge in [-0.05, 0) is 25.0 Å². The maximum atomic E-state index is 11.6. The van der Waals surface area contributed by atoms with E-state index in [2.05, 4.69) is 0 Å². The quantitative estimate of drug-likeness (QED) is 0.392. The van der Waals surface area contributed by atoms with Gasteiger partial charge >= 0.3 is 11.9 Å². The molecule has 0 unspecified atom stereocenters. The van der Waals surface area contributed by atoms with Crippen LogP contribution in [-0.4, -0.2) is 22.2 Å². The number of hydrogen-bond acceptors (Lipinski definition) is 4. The van der Waals surface area contributed by atoms with Gasteiger partial charge in [0.05, 0.1) is 0 Å². The second-order valence-corrected chi connectivity index (χ2v) is 4.99. The molecule has 0 fully saturated rings. The smallest absolute Gasteiger partial charge is 0.311 e. The van der Waals surface area contributed by atoms with Gasteiger partial charge in [-0.2, -0.15) is 0 Å². The van der Waals surface area contributed by atoms with Gasteiger partial charge in [-0.3, -0.25) is 9.59 Å². The van der Waals surface area contributed by atoms with Gasteiger partial charge in [0.1, 0.15) is 11.5 Å². The highest BCUT2D eigenvalue weighted by Crippen LogP contribution is 2.18. The van der Waals surface area contributed by atoms with Crippen molar-refractivity contribution in [2.75, 3.05) is 0 Å². The SMILES string of the molecule is O=C(O)CCCCCCCCC(=O)Oc1cccc(O)c1. The highest BCUT2D eigenvalue weighted by atomic mass is 16.5. The van der Waals surface area contributed by atoms with Crippen molar-refractivity contribution in [3.63, 3.8) is 0 Å². The Kier molecular flexibility index (Phi) is 7.94. The summed E-state index contributed by atoms with van der Waals surface area (Å²) in [5.74, 6) is -0.619. The minimum Gasteiger partial charge on any atom is -0.508 e. The number of phenolic OH excluding ortho intramolecular Hbond substituents is 1. The van der Waals surface area contributed by atoms with Crippen molar-refractivity contribution in [3.8, 4) is 11.5 Å². The predicted molar refractivity (Wildman–Crippen MR) is 78.3 cm³/mol. The molecule has 5 nitrogen and oxygen atoms in total. The van der Waals surface area contributed by atoms with Gasteiger partial charge in [-0.15, -0.1) is 0 Å². The summed E-state index contributed by atoms with van der Waals surface area (Å²) >= 11 is 0. The van der Waals surface area contributed by atoms with Gasteiger partial charge in [0.2, 0.25) is 0 Å². The molecule has 1 aromatic carbocycles. The molecule has 0 amide bonds. The number of benzene rings is 1. The lowest BCUT2D eigenvalue weighted by atomic mass is 10.1. The van der Waals surface area contributed by atoms with Crippen LogP contribution in [0.3, 0.4) is 0 Å². The first-order valence-electron chi connectivity index (χ1n) is 7.29. The fourth-order valence-electron chi connectivity index (χ4n) is 1.98. The van der Waals surface area contributed by atoms with Gasteiger partial charge in [0, 0.05) is 18.9 Å². The van der Waals surface area contributed by atoms with E-state index in [0.717, 1.165) is 38.5 Å². The molecule has 0 spiro atoms. The Morgan fingerprint density at radius 2 is 1.57 bits per heavy atom. The van der Waals surface area contributed by atoms with Crippen LogP contribution in [0.25, 0.3) is 0 Å². The molecule has 0 aliphatic heterocycles. The van der Waals surface area contributed by atoms with Gasteiger partial charge in [-0.25, -0.2) is 0 Å². The molecule has 116 valence electrons.